The molecule has 2 amide bonds. The first-order chi connectivity index (χ1) is 14.0. The van der Waals surface area contributed by atoms with E-state index in [4.69, 9.17) is 9.15 Å². The van der Waals surface area contributed by atoms with Gasteiger partial charge < -0.3 is 19.4 Å². The van der Waals surface area contributed by atoms with E-state index in [-0.39, 0.29) is 24.8 Å². The summed E-state index contributed by atoms with van der Waals surface area (Å²) < 4.78 is 10.8. The van der Waals surface area contributed by atoms with Crippen molar-refractivity contribution in [3.8, 4) is 5.75 Å². The van der Waals surface area contributed by atoms with Gasteiger partial charge in [0.1, 0.15) is 5.75 Å². The highest BCUT2D eigenvalue weighted by Crippen LogP contribution is 2.18. The fourth-order valence-corrected chi connectivity index (χ4v) is 3.28. The Bertz CT molecular complexity index is 836. The number of nitrogens with one attached hydrogen (secondary N) is 1. The average Bonchev–Trinajstić information content (AvgIpc) is 3.10. The van der Waals surface area contributed by atoms with Crippen molar-refractivity contribution in [3.63, 3.8) is 0 Å². The van der Waals surface area contributed by atoms with Gasteiger partial charge in [0.05, 0.1) is 25.6 Å². The van der Waals surface area contributed by atoms with Crippen molar-refractivity contribution in [2.24, 2.45) is 0 Å². The Balaban J connectivity index is 1.62. The van der Waals surface area contributed by atoms with Crippen LogP contribution in [0.4, 0.5) is 0 Å². The van der Waals surface area contributed by atoms with E-state index in [1.807, 2.05) is 36.1 Å². The van der Waals surface area contributed by atoms with Crippen LogP contribution in [0.3, 0.4) is 0 Å². The predicted octanol–water partition coefficient (Wildman–Crippen LogP) is 1.13. The first-order valence-corrected chi connectivity index (χ1v) is 9.72. The molecule has 1 saturated heterocycles. The lowest BCUT2D eigenvalue weighted by atomic mass is 10.1. The van der Waals surface area contributed by atoms with E-state index in [1.54, 1.807) is 14.0 Å². The molecule has 1 aromatic carbocycles. The van der Waals surface area contributed by atoms with E-state index < -0.39 is 6.04 Å². The highest BCUT2D eigenvalue weighted by Gasteiger charge is 2.32. The van der Waals surface area contributed by atoms with Gasteiger partial charge in [-0.05, 0) is 24.6 Å². The van der Waals surface area contributed by atoms with Crippen molar-refractivity contribution in [1.82, 2.24) is 25.3 Å². The number of carbonyl (C=O) groups excluding carboxylic acids is 2. The van der Waals surface area contributed by atoms with Crippen molar-refractivity contribution in [1.29, 1.82) is 0 Å². The van der Waals surface area contributed by atoms with Gasteiger partial charge in [-0.1, -0.05) is 12.1 Å². The number of benzene rings is 1. The number of piperazine rings is 1. The van der Waals surface area contributed by atoms with Gasteiger partial charge in [-0.3, -0.25) is 14.5 Å². The van der Waals surface area contributed by atoms with E-state index in [1.165, 1.54) is 4.90 Å². The Morgan fingerprint density at radius 2 is 2.10 bits per heavy atom. The predicted molar refractivity (Wildman–Crippen MR) is 105 cm³/mol. The maximum absolute atomic E-state index is 12.7. The molecule has 0 bridgehead atoms. The average molecular weight is 401 g/mol. The molecule has 29 heavy (non-hydrogen) atoms. The van der Waals surface area contributed by atoms with Gasteiger partial charge in [0, 0.05) is 33.6 Å². The second-order valence-corrected chi connectivity index (χ2v) is 7.02. The molecule has 2 heterocycles. The normalized spacial score (nSPS) is 17.1. The second-order valence-electron chi connectivity index (χ2n) is 7.02. The maximum atomic E-state index is 12.7. The minimum absolute atomic E-state index is 0.0898. The molecule has 0 spiro atoms. The van der Waals surface area contributed by atoms with Crippen LogP contribution >= 0.6 is 0 Å². The molecule has 2 aromatic rings. The summed E-state index contributed by atoms with van der Waals surface area (Å²) in [5.74, 6) is 1.36. The summed E-state index contributed by atoms with van der Waals surface area (Å²) in [5.41, 5.74) is 1.07. The van der Waals surface area contributed by atoms with Gasteiger partial charge in [-0.15, -0.1) is 10.2 Å². The van der Waals surface area contributed by atoms with Gasteiger partial charge in [0.2, 0.25) is 23.6 Å². The molecule has 1 N–H and O–H groups in total. The van der Waals surface area contributed by atoms with Crippen molar-refractivity contribution < 1.29 is 18.7 Å². The van der Waals surface area contributed by atoms with Crippen LogP contribution < -0.4 is 10.1 Å². The van der Waals surface area contributed by atoms with Crippen LogP contribution in [0.2, 0.25) is 0 Å². The van der Waals surface area contributed by atoms with E-state index in [0.717, 1.165) is 11.3 Å². The van der Waals surface area contributed by atoms with E-state index in [0.29, 0.717) is 38.0 Å². The minimum Gasteiger partial charge on any atom is -0.494 e. The lowest BCUT2D eigenvalue weighted by molar-refractivity contribution is -0.138. The summed E-state index contributed by atoms with van der Waals surface area (Å²) in [6.45, 7) is 6.31. The molecule has 156 valence electrons. The van der Waals surface area contributed by atoms with E-state index >= 15 is 0 Å². The van der Waals surface area contributed by atoms with E-state index in [2.05, 4.69) is 15.5 Å². The molecule has 1 aromatic heterocycles. The number of nitrogens with zero attached hydrogens (tertiary/aromatic N) is 4. The van der Waals surface area contributed by atoms with Gasteiger partial charge in [-0.25, -0.2) is 0 Å². The van der Waals surface area contributed by atoms with Crippen LogP contribution in [0.25, 0.3) is 0 Å². The molecule has 1 aliphatic heterocycles. The summed E-state index contributed by atoms with van der Waals surface area (Å²) in [5, 5.41) is 10.5. The van der Waals surface area contributed by atoms with Crippen LogP contribution in [-0.2, 0) is 22.7 Å². The first-order valence-electron chi connectivity index (χ1n) is 9.72. The lowest BCUT2D eigenvalue weighted by Crippen LogP contribution is -2.56. The third-order valence-electron chi connectivity index (χ3n) is 4.80. The maximum Gasteiger partial charge on any atom is 0.237 e. The summed E-state index contributed by atoms with van der Waals surface area (Å²) in [6, 6.07) is 7.29. The quantitative estimate of drug-likeness (QED) is 0.707. The first kappa shape index (κ1) is 20.8. The van der Waals surface area contributed by atoms with Gasteiger partial charge in [-0.2, -0.15) is 0 Å². The highest BCUT2D eigenvalue weighted by molar-refractivity contribution is 5.88. The zero-order chi connectivity index (χ0) is 20.8. The smallest absolute Gasteiger partial charge is 0.237 e. The number of carbonyl (C=O) groups is 2. The molecule has 0 aliphatic carbocycles. The molecule has 1 unspecified atom stereocenters. The number of ether oxygens (including phenoxy) is 1. The van der Waals surface area contributed by atoms with E-state index in [9.17, 15) is 9.59 Å². The van der Waals surface area contributed by atoms with Crippen molar-refractivity contribution in [2.45, 2.75) is 39.4 Å². The zero-order valence-corrected chi connectivity index (χ0v) is 17.1. The third-order valence-corrected chi connectivity index (χ3v) is 4.80. The monoisotopic (exact) mass is 401 g/mol. The number of aromatic nitrogens is 2. The summed E-state index contributed by atoms with van der Waals surface area (Å²) >= 11 is 0. The third kappa shape index (κ3) is 5.54. The zero-order valence-electron chi connectivity index (χ0n) is 17.1. The number of hydrogen-bond donors (Lipinski definition) is 1. The van der Waals surface area contributed by atoms with Crippen LogP contribution in [0, 0.1) is 6.92 Å². The van der Waals surface area contributed by atoms with Crippen LogP contribution in [0.5, 0.6) is 5.75 Å². The molecule has 9 nitrogen and oxygen atoms in total. The number of amides is 2. The molecule has 1 aliphatic rings. The summed E-state index contributed by atoms with van der Waals surface area (Å²) in [4.78, 5) is 28.7. The molecular formula is C20H27N5O4. The van der Waals surface area contributed by atoms with Crippen molar-refractivity contribution in [3.05, 3.63) is 41.6 Å². The molecule has 1 fully saturated rings. The molecule has 3 rings (SSSR count). The number of hydrogen-bond acceptors (Lipinski definition) is 7. The van der Waals surface area contributed by atoms with Gasteiger partial charge in [0.15, 0.2) is 0 Å². The molecule has 1 atom stereocenters. The standard InChI is InChI=1S/C20H27N5O4/c1-4-28-16-7-5-15(6-8-16)12-25-10-9-21-20(27)17(25)11-19(26)24(3)13-18-23-22-14(2)29-18/h5-8,17H,4,9-13H2,1-3H3,(H,21,27). The van der Waals surface area contributed by atoms with Crippen molar-refractivity contribution >= 4 is 11.8 Å². The largest absolute Gasteiger partial charge is 0.494 e. The summed E-state index contributed by atoms with van der Waals surface area (Å²) in [7, 11) is 1.67. The molecular weight excluding hydrogens is 374 g/mol. The Hall–Kier alpha value is -2.94. The summed E-state index contributed by atoms with van der Waals surface area (Å²) in [6.07, 6.45) is 0.0898. The van der Waals surface area contributed by atoms with Crippen LogP contribution in [-0.4, -0.2) is 64.6 Å². The number of rotatable bonds is 8. The fraction of sp³-hybridized carbons (Fsp3) is 0.500. The Morgan fingerprint density at radius 3 is 2.76 bits per heavy atom. The Kier molecular flexibility index (Phi) is 6.82. The molecule has 9 heteroatoms. The van der Waals surface area contributed by atoms with Crippen LogP contribution in [0.15, 0.2) is 28.7 Å². The number of aryl methyl sites for hydroxylation is 1. The Morgan fingerprint density at radius 1 is 1.34 bits per heavy atom. The van der Waals surface area contributed by atoms with Gasteiger partial charge >= 0.3 is 0 Å². The van der Waals surface area contributed by atoms with Crippen LogP contribution in [0.1, 0.15) is 30.7 Å². The fourth-order valence-electron chi connectivity index (χ4n) is 3.28. The second kappa shape index (κ2) is 9.51. The molecule has 0 radical (unpaired) electrons. The van der Waals surface area contributed by atoms with Crippen molar-refractivity contribution in [2.75, 3.05) is 26.7 Å². The molecule has 0 saturated carbocycles. The Labute approximate surface area is 170 Å². The topological polar surface area (TPSA) is 101 Å². The lowest BCUT2D eigenvalue weighted by Gasteiger charge is -2.35. The SMILES string of the molecule is CCOc1ccc(CN2CCNC(=O)C2CC(=O)N(C)Cc2nnc(C)o2)cc1. The minimum atomic E-state index is -0.519. The highest BCUT2D eigenvalue weighted by atomic mass is 16.5. The van der Waals surface area contributed by atoms with Gasteiger partial charge in [0.25, 0.3) is 0 Å².